The van der Waals surface area contributed by atoms with Crippen molar-refractivity contribution in [2.75, 3.05) is 13.1 Å². The lowest BCUT2D eigenvalue weighted by Crippen LogP contribution is -2.47. The molecule has 0 unspecified atom stereocenters. The summed E-state index contributed by atoms with van der Waals surface area (Å²) in [7, 11) is 0. The van der Waals surface area contributed by atoms with Gasteiger partial charge >= 0.3 is 0 Å². The monoisotopic (exact) mass is 182 g/mol. The van der Waals surface area contributed by atoms with E-state index in [-0.39, 0.29) is 0 Å². The van der Waals surface area contributed by atoms with Crippen molar-refractivity contribution in [2.24, 2.45) is 11.7 Å². The van der Waals surface area contributed by atoms with E-state index in [1.54, 1.807) is 0 Å². The van der Waals surface area contributed by atoms with Crippen LogP contribution in [0.15, 0.2) is 0 Å². The van der Waals surface area contributed by atoms with Crippen LogP contribution in [0.3, 0.4) is 0 Å². The van der Waals surface area contributed by atoms with Crippen molar-refractivity contribution in [3.63, 3.8) is 0 Å². The minimum atomic E-state index is 0.354. The van der Waals surface area contributed by atoms with Gasteiger partial charge in [0.2, 0.25) is 5.91 Å². The second-order valence-corrected chi connectivity index (χ2v) is 4.18. The fraction of sp³-hybridized carbons (Fsp3) is 0.900. The summed E-state index contributed by atoms with van der Waals surface area (Å²) in [6.45, 7) is 1.37. The Morgan fingerprint density at radius 2 is 2.00 bits per heavy atom. The molecule has 0 aliphatic heterocycles. The van der Waals surface area contributed by atoms with Crippen LogP contribution in [-0.2, 0) is 4.79 Å². The maximum Gasteiger partial charge on any atom is 0.225 e. The van der Waals surface area contributed by atoms with Gasteiger partial charge < -0.3 is 10.6 Å². The summed E-state index contributed by atoms with van der Waals surface area (Å²) in [5, 5.41) is 0. The Morgan fingerprint density at radius 3 is 2.38 bits per heavy atom. The summed E-state index contributed by atoms with van der Waals surface area (Å²) in [5.41, 5.74) is 5.51. The van der Waals surface area contributed by atoms with E-state index in [9.17, 15) is 4.79 Å². The SMILES string of the molecule is NCCN(C(=O)C1CC1)C1CCC1. The summed E-state index contributed by atoms with van der Waals surface area (Å²) in [5.74, 6) is 0.724. The quantitative estimate of drug-likeness (QED) is 0.697. The molecule has 2 aliphatic carbocycles. The molecule has 74 valence electrons. The van der Waals surface area contributed by atoms with Gasteiger partial charge in [-0.15, -0.1) is 0 Å². The van der Waals surface area contributed by atoms with Crippen LogP contribution in [0.5, 0.6) is 0 Å². The average Bonchev–Trinajstić information content (AvgIpc) is 2.81. The molecule has 0 bridgehead atoms. The first-order chi connectivity index (χ1) is 6.33. The first kappa shape index (κ1) is 9.00. The van der Waals surface area contributed by atoms with Crippen LogP contribution in [0.1, 0.15) is 32.1 Å². The molecule has 0 aromatic rings. The van der Waals surface area contributed by atoms with Crippen LogP contribution in [-0.4, -0.2) is 29.9 Å². The third-order valence-electron chi connectivity index (χ3n) is 3.10. The highest BCUT2D eigenvalue weighted by Gasteiger charge is 2.37. The minimum absolute atomic E-state index is 0.354. The molecular formula is C10H18N2O. The standard InChI is InChI=1S/C10H18N2O/c11-6-7-12(9-2-1-3-9)10(13)8-4-5-8/h8-9H,1-7,11H2. The number of nitrogens with two attached hydrogens (primary N) is 1. The molecule has 2 saturated carbocycles. The van der Waals surface area contributed by atoms with Gasteiger partial charge in [-0.05, 0) is 32.1 Å². The molecule has 0 aromatic heterocycles. The highest BCUT2D eigenvalue weighted by Crippen LogP contribution is 2.34. The molecule has 3 nitrogen and oxygen atoms in total. The van der Waals surface area contributed by atoms with Crippen LogP contribution in [0, 0.1) is 5.92 Å². The third-order valence-corrected chi connectivity index (χ3v) is 3.10. The van der Waals surface area contributed by atoms with E-state index < -0.39 is 0 Å². The lowest BCUT2D eigenvalue weighted by Gasteiger charge is -2.37. The highest BCUT2D eigenvalue weighted by molar-refractivity contribution is 5.81. The maximum absolute atomic E-state index is 11.8. The first-order valence-electron chi connectivity index (χ1n) is 5.33. The predicted octanol–water partition coefficient (Wildman–Crippen LogP) is 0.736. The van der Waals surface area contributed by atoms with E-state index in [4.69, 9.17) is 5.73 Å². The molecule has 0 radical (unpaired) electrons. The molecule has 2 aliphatic rings. The number of rotatable bonds is 4. The van der Waals surface area contributed by atoms with Crippen LogP contribution >= 0.6 is 0 Å². The Bertz CT molecular complexity index is 197. The second-order valence-electron chi connectivity index (χ2n) is 4.18. The number of nitrogens with zero attached hydrogens (tertiary/aromatic N) is 1. The molecule has 2 rings (SSSR count). The van der Waals surface area contributed by atoms with Crippen LogP contribution in [0.25, 0.3) is 0 Å². The van der Waals surface area contributed by atoms with Gasteiger partial charge in [-0.2, -0.15) is 0 Å². The number of carbonyl (C=O) groups excluding carboxylic acids is 1. The fourth-order valence-electron chi connectivity index (χ4n) is 1.87. The van der Waals surface area contributed by atoms with Crippen molar-refractivity contribution >= 4 is 5.91 Å². The predicted molar refractivity (Wildman–Crippen MR) is 51.1 cm³/mol. The lowest BCUT2D eigenvalue weighted by atomic mass is 9.91. The van der Waals surface area contributed by atoms with Gasteiger partial charge in [0.05, 0.1) is 0 Å². The van der Waals surface area contributed by atoms with Crippen LogP contribution in [0.2, 0.25) is 0 Å². The largest absolute Gasteiger partial charge is 0.338 e. The van der Waals surface area contributed by atoms with E-state index in [1.807, 2.05) is 4.90 Å². The fourth-order valence-corrected chi connectivity index (χ4v) is 1.87. The van der Waals surface area contributed by atoms with Gasteiger partial charge in [-0.1, -0.05) is 0 Å². The third kappa shape index (κ3) is 1.85. The molecule has 0 aromatic carbocycles. The molecule has 0 atom stereocenters. The van der Waals surface area contributed by atoms with Gasteiger partial charge in [0.1, 0.15) is 0 Å². The van der Waals surface area contributed by atoms with Crippen molar-refractivity contribution < 1.29 is 4.79 Å². The lowest BCUT2D eigenvalue weighted by molar-refractivity contribution is -0.136. The number of amides is 1. The summed E-state index contributed by atoms with van der Waals surface area (Å²) >= 11 is 0. The number of hydrogen-bond acceptors (Lipinski definition) is 2. The van der Waals surface area contributed by atoms with E-state index in [0.29, 0.717) is 24.4 Å². The van der Waals surface area contributed by atoms with Crippen molar-refractivity contribution in [1.82, 2.24) is 4.90 Å². The van der Waals surface area contributed by atoms with Crippen molar-refractivity contribution in [3.05, 3.63) is 0 Å². The maximum atomic E-state index is 11.8. The molecule has 2 fully saturated rings. The zero-order valence-corrected chi connectivity index (χ0v) is 8.04. The van der Waals surface area contributed by atoms with Gasteiger partial charge in [-0.25, -0.2) is 0 Å². The summed E-state index contributed by atoms with van der Waals surface area (Å²) in [6, 6.07) is 0.525. The zero-order chi connectivity index (χ0) is 9.26. The van der Waals surface area contributed by atoms with Crippen molar-refractivity contribution in [1.29, 1.82) is 0 Å². The number of hydrogen-bond donors (Lipinski definition) is 1. The number of carbonyl (C=O) groups is 1. The Balaban J connectivity index is 1.90. The molecule has 0 saturated heterocycles. The van der Waals surface area contributed by atoms with Crippen LogP contribution < -0.4 is 5.73 Å². The van der Waals surface area contributed by atoms with Gasteiger partial charge in [0, 0.05) is 25.0 Å². The summed E-state index contributed by atoms with van der Waals surface area (Å²) in [6.07, 6.45) is 5.87. The van der Waals surface area contributed by atoms with E-state index >= 15 is 0 Å². The van der Waals surface area contributed by atoms with Crippen LogP contribution in [0.4, 0.5) is 0 Å². The average molecular weight is 182 g/mol. The molecule has 3 heteroatoms. The second kappa shape index (κ2) is 3.66. The first-order valence-corrected chi connectivity index (χ1v) is 5.33. The van der Waals surface area contributed by atoms with Gasteiger partial charge in [-0.3, -0.25) is 4.79 Å². The van der Waals surface area contributed by atoms with E-state index in [1.165, 1.54) is 19.3 Å². The normalized spacial score (nSPS) is 22.5. The van der Waals surface area contributed by atoms with E-state index in [2.05, 4.69) is 0 Å². The van der Waals surface area contributed by atoms with Crippen molar-refractivity contribution in [3.8, 4) is 0 Å². The molecule has 2 N–H and O–H groups in total. The molecule has 0 spiro atoms. The molecule has 1 amide bonds. The molecule has 0 heterocycles. The smallest absolute Gasteiger partial charge is 0.225 e. The summed E-state index contributed by atoms with van der Waals surface area (Å²) < 4.78 is 0. The Labute approximate surface area is 79.3 Å². The van der Waals surface area contributed by atoms with Gasteiger partial charge in [0.15, 0.2) is 0 Å². The molecular weight excluding hydrogens is 164 g/mol. The van der Waals surface area contributed by atoms with E-state index in [0.717, 1.165) is 19.4 Å². The van der Waals surface area contributed by atoms with Crippen molar-refractivity contribution in [2.45, 2.75) is 38.1 Å². The molecule has 13 heavy (non-hydrogen) atoms. The zero-order valence-electron chi connectivity index (χ0n) is 8.04. The highest BCUT2D eigenvalue weighted by atomic mass is 16.2. The Hall–Kier alpha value is -0.570. The van der Waals surface area contributed by atoms with Gasteiger partial charge in [0.25, 0.3) is 0 Å². The Morgan fingerprint density at radius 1 is 1.31 bits per heavy atom. The minimum Gasteiger partial charge on any atom is -0.338 e. The topological polar surface area (TPSA) is 46.3 Å². The summed E-state index contributed by atoms with van der Waals surface area (Å²) in [4.78, 5) is 13.8. The Kier molecular flexibility index (Phi) is 2.54.